The molecule has 0 saturated carbocycles. The first-order valence-electron chi connectivity index (χ1n) is 8.03. The minimum Gasteiger partial charge on any atom is -0.493 e. The van der Waals surface area contributed by atoms with E-state index < -0.39 is 0 Å². The molecule has 7 nitrogen and oxygen atoms in total. The molecule has 1 aromatic heterocycles. The predicted octanol–water partition coefficient (Wildman–Crippen LogP) is 3.11. The lowest BCUT2D eigenvalue weighted by Gasteiger charge is -2.10. The summed E-state index contributed by atoms with van der Waals surface area (Å²) in [6.07, 6.45) is 0.972. The van der Waals surface area contributed by atoms with E-state index in [0.717, 1.165) is 18.5 Å². The summed E-state index contributed by atoms with van der Waals surface area (Å²) in [7, 11) is 3.12. The second-order valence-corrected chi connectivity index (χ2v) is 5.54. The molecule has 0 aliphatic carbocycles. The SMILES string of the molecule is CCCn1nnc2cc(C(=O)Nc3ccc(OC)c(OC)c3)ccc21. The number of carbonyl (C=O) groups excluding carboxylic acids is 1. The molecule has 0 unspecified atom stereocenters. The van der Waals surface area contributed by atoms with E-state index in [1.807, 2.05) is 10.7 Å². The zero-order chi connectivity index (χ0) is 17.8. The van der Waals surface area contributed by atoms with E-state index in [4.69, 9.17) is 9.47 Å². The number of nitrogens with zero attached hydrogens (tertiary/aromatic N) is 3. The quantitative estimate of drug-likeness (QED) is 0.746. The Hall–Kier alpha value is -3.09. The van der Waals surface area contributed by atoms with Crippen LogP contribution in [0.1, 0.15) is 23.7 Å². The summed E-state index contributed by atoms with van der Waals surface area (Å²) < 4.78 is 12.3. The van der Waals surface area contributed by atoms with Gasteiger partial charge in [-0.15, -0.1) is 5.10 Å². The highest BCUT2D eigenvalue weighted by atomic mass is 16.5. The molecule has 0 radical (unpaired) electrons. The Morgan fingerprint density at radius 1 is 1.12 bits per heavy atom. The van der Waals surface area contributed by atoms with Crippen LogP contribution in [0, 0.1) is 0 Å². The molecule has 0 bridgehead atoms. The molecule has 25 heavy (non-hydrogen) atoms. The maximum Gasteiger partial charge on any atom is 0.255 e. The number of ether oxygens (including phenoxy) is 2. The van der Waals surface area contributed by atoms with Crippen LogP contribution in [-0.2, 0) is 6.54 Å². The molecule has 1 amide bonds. The fourth-order valence-corrected chi connectivity index (χ4v) is 2.61. The van der Waals surface area contributed by atoms with E-state index in [1.165, 1.54) is 0 Å². The molecule has 7 heteroatoms. The lowest BCUT2D eigenvalue weighted by Crippen LogP contribution is -2.12. The molecule has 3 aromatic rings. The molecular formula is C18H20N4O3. The Bertz CT molecular complexity index is 904. The van der Waals surface area contributed by atoms with Crippen LogP contribution in [0.5, 0.6) is 11.5 Å². The number of carbonyl (C=O) groups is 1. The minimum atomic E-state index is -0.223. The maximum absolute atomic E-state index is 12.5. The van der Waals surface area contributed by atoms with Crippen molar-refractivity contribution in [2.45, 2.75) is 19.9 Å². The van der Waals surface area contributed by atoms with Crippen molar-refractivity contribution in [1.82, 2.24) is 15.0 Å². The second kappa shape index (κ2) is 7.21. The van der Waals surface area contributed by atoms with E-state index in [0.29, 0.717) is 28.3 Å². The van der Waals surface area contributed by atoms with Crippen LogP contribution < -0.4 is 14.8 Å². The van der Waals surface area contributed by atoms with Gasteiger partial charge in [0.2, 0.25) is 0 Å². The van der Waals surface area contributed by atoms with Crippen LogP contribution in [0.3, 0.4) is 0 Å². The topological polar surface area (TPSA) is 78.3 Å². The number of amides is 1. The number of rotatable bonds is 6. The van der Waals surface area contributed by atoms with Crippen LogP contribution in [-0.4, -0.2) is 35.1 Å². The van der Waals surface area contributed by atoms with Crippen molar-refractivity contribution in [3.05, 3.63) is 42.0 Å². The molecule has 0 spiro atoms. The number of hydrogen-bond donors (Lipinski definition) is 1. The summed E-state index contributed by atoms with van der Waals surface area (Å²) in [6, 6.07) is 10.6. The van der Waals surface area contributed by atoms with Crippen molar-refractivity contribution in [1.29, 1.82) is 0 Å². The number of anilines is 1. The summed E-state index contributed by atoms with van der Waals surface area (Å²) in [6.45, 7) is 2.88. The third-order valence-electron chi connectivity index (χ3n) is 3.85. The van der Waals surface area contributed by atoms with Gasteiger partial charge in [0.1, 0.15) is 5.52 Å². The Morgan fingerprint density at radius 3 is 2.64 bits per heavy atom. The summed E-state index contributed by atoms with van der Waals surface area (Å²) in [5.41, 5.74) is 2.76. The predicted molar refractivity (Wildman–Crippen MR) is 95.3 cm³/mol. The van der Waals surface area contributed by atoms with Crippen molar-refractivity contribution >= 4 is 22.6 Å². The van der Waals surface area contributed by atoms with Gasteiger partial charge in [0.15, 0.2) is 11.5 Å². The Labute approximate surface area is 145 Å². The standard InChI is InChI=1S/C18H20N4O3/c1-4-9-22-15-7-5-12(10-14(15)20-21-22)18(23)19-13-6-8-16(24-2)17(11-13)25-3/h5-8,10-11H,4,9H2,1-3H3,(H,19,23). The van der Waals surface area contributed by atoms with Gasteiger partial charge in [-0.2, -0.15) is 0 Å². The number of aryl methyl sites for hydroxylation is 1. The van der Waals surface area contributed by atoms with Gasteiger partial charge in [-0.3, -0.25) is 4.79 Å². The molecule has 1 heterocycles. The van der Waals surface area contributed by atoms with Crippen LogP contribution >= 0.6 is 0 Å². The van der Waals surface area contributed by atoms with Crippen molar-refractivity contribution in [3.63, 3.8) is 0 Å². The highest BCUT2D eigenvalue weighted by molar-refractivity contribution is 6.06. The lowest BCUT2D eigenvalue weighted by molar-refractivity contribution is 0.102. The molecule has 3 rings (SSSR count). The molecular weight excluding hydrogens is 320 g/mol. The zero-order valence-electron chi connectivity index (χ0n) is 14.4. The Morgan fingerprint density at radius 2 is 1.92 bits per heavy atom. The van der Waals surface area contributed by atoms with E-state index in [-0.39, 0.29) is 5.91 Å². The molecule has 0 fully saturated rings. The van der Waals surface area contributed by atoms with Gasteiger partial charge in [0, 0.05) is 23.9 Å². The Balaban J connectivity index is 1.82. The highest BCUT2D eigenvalue weighted by Crippen LogP contribution is 2.30. The first kappa shape index (κ1) is 16.8. The number of methoxy groups -OCH3 is 2. The first-order chi connectivity index (χ1) is 12.2. The van der Waals surface area contributed by atoms with E-state index in [9.17, 15) is 4.79 Å². The maximum atomic E-state index is 12.5. The van der Waals surface area contributed by atoms with Gasteiger partial charge in [-0.25, -0.2) is 4.68 Å². The van der Waals surface area contributed by atoms with Crippen molar-refractivity contribution < 1.29 is 14.3 Å². The largest absolute Gasteiger partial charge is 0.493 e. The third kappa shape index (κ3) is 3.40. The fraction of sp³-hybridized carbons (Fsp3) is 0.278. The van der Waals surface area contributed by atoms with Gasteiger partial charge in [0.25, 0.3) is 5.91 Å². The van der Waals surface area contributed by atoms with Crippen molar-refractivity contribution in [2.75, 3.05) is 19.5 Å². The minimum absolute atomic E-state index is 0.223. The summed E-state index contributed by atoms with van der Waals surface area (Å²) in [5.74, 6) is 0.937. The smallest absolute Gasteiger partial charge is 0.255 e. The molecule has 0 atom stereocenters. The van der Waals surface area contributed by atoms with Gasteiger partial charge in [-0.05, 0) is 36.8 Å². The van der Waals surface area contributed by atoms with Crippen LogP contribution in [0.25, 0.3) is 11.0 Å². The first-order valence-corrected chi connectivity index (χ1v) is 8.03. The second-order valence-electron chi connectivity index (χ2n) is 5.54. The summed E-state index contributed by atoms with van der Waals surface area (Å²) in [4.78, 5) is 12.5. The normalized spacial score (nSPS) is 10.7. The molecule has 0 aliphatic rings. The molecule has 0 saturated heterocycles. The van der Waals surface area contributed by atoms with E-state index >= 15 is 0 Å². The van der Waals surface area contributed by atoms with Crippen molar-refractivity contribution in [2.24, 2.45) is 0 Å². The van der Waals surface area contributed by atoms with Gasteiger partial charge in [-0.1, -0.05) is 12.1 Å². The van der Waals surface area contributed by atoms with Gasteiger partial charge < -0.3 is 14.8 Å². The molecule has 1 N–H and O–H groups in total. The fourth-order valence-electron chi connectivity index (χ4n) is 2.61. The van der Waals surface area contributed by atoms with Crippen molar-refractivity contribution in [3.8, 4) is 11.5 Å². The third-order valence-corrected chi connectivity index (χ3v) is 3.85. The average molecular weight is 340 g/mol. The van der Waals surface area contributed by atoms with Crippen LogP contribution in [0.15, 0.2) is 36.4 Å². The zero-order valence-corrected chi connectivity index (χ0v) is 14.4. The van der Waals surface area contributed by atoms with E-state index in [2.05, 4.69) is 22.6 Å². The molecule has 0 aliphatic heterocycles. The van der Waals surface area contributed by atoms with Gasteiger partial charge >= 0.3 is 0 Å². The highest BCUT2D eigenvalue weighted by Gasteiger charge is 2.12. The summed E-state index contributed by atoms with van der Waals surface area (Å²) in [5, 5.41) is 11.1. The van der Waals surface area contributed by atoms with Crippen LogP contribution in [0.2, 0.25) is 0 Å². The monoisotopic (exact) mass is 340 g/mol. The number of hydrogen-bond acceptors (Lipinski definition) is 5. The molecule has 130 valence electrons. The number of aromatic nitrogens is 3. The number of fused-ring (bicyclic) bond motifs is 1. The van der Waals surface area contributed by atoms with E-state index in [1.54, 1.807) is 44.6 Å². The summed E-state index contributed by atoms with van der Waals surface area (Å²) >= 11 is 0. The number of nitrogens with one attached hydrogen (secondary N) is 1. The van der Waals surface area contributed by atoms with Gasteiger partial charge in [0.05, 0.1) is 19.7 Å². The Kier molecular flexibility index (Phi) is 4.83. The average Bonchev–Trinajstić information content (AvgIpc) is 3.04. The lowest BCUT2D eigenvalue weighted by atomic mass is 10.1. The van der Waals surface area contributed by atoms with Crippen LogP contribution in [0.4, 0.5) is 5.69 Å². The molecule has 2 aromatic carbocycles. The number of benzene rings is 2.